The molecule has 0 saturated heterocycles. The van der Waals surface area contributed by atoms with Crippen molar-refractivity contribution in [1.82, 2.24) is 0 Å². The van der Waals surface area contributed by atoms with E-state index in [1.54, 1.807) is 31.2 Å². The number of ether oxygens (including phenoxy) is 2. The third-order valence-corrected chi connectivity index (χ3v) is 3.96. The molecule has 1 heterocycles. The largest absolute Gasteiger partial charge is 0.490 e. The molecule has 0 saturated carbocycles. The summed E-state index contributed by atoms with van der Waals surface area (Å²) in [5, 5.41) is 4.81. The molecule has 2 aromatic carbocycles. The minimum Gasteiger partial charge on any atom is -0.490 e. The van der Waals surface area contributed by atoms with Crippen LogP contribution >= 0.6 is 11.6 Å². The van der Waals surface area contributed by atoms with Crippen molar-refractivity contribution in [3.63, 3.8) is 0 Å². The van der Waals surface area contributed by atoms with Gasteiger partial charge in [-0.2, -0.15) is 0 Å². The first-order chi connectivity index (χ1) is 12.2. The number of benzene rings is 2. The molecule has 0 amide bonds. The average Bonchev–Trinajstić information content (AvgIpc) is 3.10. The minimum atomic E-state index is -0.339. The highest BCUT2D eigenvalue weighted by molar-refractivity contribution is 6.30. The van der Waals surface area contributed by atoms with E-state index >= 15 is 0 Å². The standard InChI is InChI=1S/C19H18ClNO4/c1-2-23-19(22)14-5-9-16(10-6-14)24-12-17-11-18(21-25-17)13-3-7-15(20)8-4-13/h3-10,17H,2,11-12H2,1H3. The van der Waals surface area contributed by atoms with Crippen LogP contribution in [0.4, 0.5) is 0 Å². The van der Waals surface area contributed by atoms with Gasteiger partial charge in [0.1, 0.15) is 12.4 Å². The van der Waals surface area contributed by atoms with Crippen molar-refractivity contribution in [2.75, 3.05) is 13.2 Å². The molecule has 0 fully saturated rings. The zero-order valence-electron chi connectivity index (χ0n) is 13.8. The maximum absolute atomic E-state index is 11.6. The molecular weight excluding hydrogens is 342 g/mol. The second-order valence-electron chi connectivity index (χ2n) is 5.53. The Morgan fingerprint density at radius 1 is 1.20 bits per heavy atom. The molecule has 0 bridgehead atoms. The van der Waals surface area contributed by atoms with Crippen molar-refractivity contribution >= 4 is 23.3 Å². The Bertz CT molecular complexity index is 756. The summed E-state index contributed by atoms with van der Waals surface area (Å²) in [4.78, 5) is 17.0. The fraction of sp³-hybridized carbons (Fsp3) is 0.263. The summed E-state index contributed by atoms with van der Waals surface area (Å²) < 4.78 is 10.7. The van der Waals surface area contributed by atoms with Gasteiger partial charge in [0.2, 0.25) is 0 Å². The van der Waals surface area contributed by atoms with Crippen LogP contribution in [0.3, 0.4) is 0 Å². The summed E-state index contributed by atoms with van der Waals surface area (Å²) in [6.45, 7) is 2.50. The van der Waals surface area contributed by atoms with Crippen LogP contribution in [0.5, 0.6) is 5.75 Å². The van der Waals surface area contributed by atoms with Gasteiger partial charge in [0.15, 0.2) is 6.10 Å². The highest BCUT2D eigenvalue weighted by atomic mass is 35.5. The van der Waals surface area contributed by atoms with Crippen molar-refractivity contribution in [2.24, 2.45) is 5.16 Å². The molecule has 1 aliphatic heterocycles. The second-order valence-corrected chi connectivity index (χ2v) is 5.97. The van der Waals surface area contributed by atoms with Gasteiger partial charge in [-0.1, -0.05) is 28.9 Å². The number of esters is 1. The molecule has 25 heavy (non-hydrogen) atoms. The number of carbonyl (C=O) groups is 1. The predicted octanol–water partition coefficient (Wildman–Crippen LogP) is 4.09. The van der Waals surface area contributed by atoms with E-state index in [0.29, 0.717) is 36.0 Å². The topological polar surface area (TPSA) is 57.1 Å². The molecule has 2 aromatic rings. The Balaban J connectivity index is 1.50. The molecule has 1 aliphatic rings. The zero-order valence-corrected chi connectivity index (χ0v) is 14.5. The molecule has 6 heteroatoms. The SMILES string of the molecule is CCOC(=O)c1ccc(OCC2CC(c3ccc(Cl)cc3)=NO2)cc1. The van der Waals surface area contributed by atoms with Crippen LogP contribution in [0.25, 0.3) is 0 Å². The number of halogens is 1. The van der Waals surface area contributed by atoms with E-state index in [4.69, 9.17) is 25.9 Å². The first-order valence-corrected chi connectivity index (χ1v) is 8.42. The van der Waals surface area contributed by atoms with Gasteiger partial charge in [0, 0.05) is 11.4 Å². The van der Waals surface area contributed by atoms with Gasteiger partial charge in [0.05, 0.1) is 17.9 Å². The van der Waals surface area contributed by atoms with E-state index in [9.17, 15) is 4.79 Å². The number of hydrogen-bond donors (Lipinski definition) is 0. The number of hydrogen-bond acceptors (Lipinski definition) is 5. The summed E-state index contributed by atoms with van der Waals surface area (Å²) in [6.07, 6.45) is 0.526. The molecule has 1 unspecified atom stereocenters. The molecule has 0 aliphatic carbocycles. The Morgan fingerprint density at radius 3 is 2.60 bits per heavy atom. The lowest BCUT2D eigenvalue weighted by molar-refractivity contribution is 0.0469. The lowest BCUT2D eigenvalue weighted by Crippen LogP contribution is -2.18. The quantitative estimate of drug-likeness (QED) is 0.729. The summed E-state index contributed by atoms with van der Waals surface area (Å²) in [5.74, 6) is 0.325. The Kier molecular flexibility index (Phi) is 5.56. The van der Waals surface area contributed by atoms with Crippen molar-refractivity contribution in [1.29, 1.82) is 0 Å². The van der Waals surface area contributed by atoms with E-state index in [0.717, 1.165) is 11.3 Å². The smallest absolute Gasteiger partial charge is 0.338 e. The zero-order chi connectivity index (χ0) is 17.6. The van der Waals surface area contributed by atoms with Crippen LogP contribution in [-0.4, -0.2) is 31.0 Å². The number of rotatable bonds is 6. The van der Waals surface area contributed by atoms with Gasteiger partial charge in [-0.3, -0.25) is 0 Å². The van der Waals surface area contributed by atoms with Crippen LogP contribution < -0.4 is 4.74 Å². The van der Waals surface area contributed by atoms with E-state index < -0.39 is 0 Å². The third kappa shape index (κ3) is 4.51. The molecular formula is C19H18ClNO4. The molecule has 0 N–H and O–H groups in total. The molecule has 5 nitrogen and oxygen atoms in total. The van der Waals surface area contributed by atoms with Crippen molar-refractivity contribution in [2.45, 2.75) is 19.4 Å². The van der Waals surface area contributed by atoms with Crippen LogP contribution in [0, 0.1) is 0 Å². The number of nitrogens with zero attached hydrogens (tertiary/aromatic N) is 1. The maximum Gasteiger partial charge on any atom is 0.338 e. The monoisotopic (exact) mass is 359 g/mol. The van der Waals surface area contributed by atoms with Gasteiger partial charge in [-0.05, 0) is 48.9 Å². The van der Waals surface area contributed by atoms with Gasteiger partial charge in [-0.25, -0.2) is 4.79 Å². The van der Waals surface area contributed by atoms with Crippen LogP contribution in [0.1, 0.15) is 29.3 Å². The minimum absolute atomic E-state index is 0.143. The van der Waals surface area contributed by atoms with Crippen LogP contribution in [0.2, 0.25) is 5.02 Å². The second kappa shape index (κ2) is 8.03. The normalized spacial score (nSPS) is 16.1. The summed E-state index contributed by atoms with van der Waals surface area (Å²) in [7, 11) is 0. The van der Waals surface area contributed by atoms with Gasteiger partial charge < -0.3 is 14.3 Å². The van der Waals surface area contributed by atoms with E-state index in [1.165, 1.54) is 0 Å². The van der Waals surface area contributed by atoms with Crippen molar-refractivity contribution < 1.29 is 19.1 Å². The van der Waals surface area contributed by atoms with E-state index in [2.05, 4.69) is 5.16 Å². The van der Waals surface area contributed by atoms with Crippen LogP contribution in [0.15, 0.2) is 53.7 Å². The summed E-state index contributed by atoms with van der Waals surface area (Å²) in [5.41, 5.74) is 2.37. The third-order valence-electron chi connectivity index (χ3n) is 3.71. The van der Waals surface area contributed by atoms with Gasteiger partial charge in [-0.15, -0.1) is 0 Å². The highest BCUT2D eigenvalue weighted by Gasteiger charge is 2.23. The molecule has 0 spiro atoms. The van der Waals surface area contributed by atoms with Crippen LogP contribution in [-0.2, 0) is 9.57 Å². The molecule has 0 aromatic heterocycles. The van der Waals surface area contributed by atoms with Crippen molar-refractivity contribution in [3.8, 4) is 5.75 Å². The summed E-state index contributed by atoms with van der Waals surface area (Å²) in [6, 6.07) is 14.3. The molecule has 3 rings (SSSR count). The predicted molar refractivity (Wildman–Crippen MR) is 95.4 cm³/mol. The Morgan fingerprint density at radius 2 is 1.92 bits per heavy atom. The molecule has 130 valence electrons. The summed E-state index contributed by atoms with van der Waals surface area (Å²) >= 11 is 5.89. The first-order valence-electron chi connectivity index (χ1n) is 8.04. The first kappa shape index (κ1) is 17.3. The number of carbonyl (C=O) groups excluding carboxylic acids is 1. The number of oxime groups is 1. The molecule has 1 atom stereocenters. The van der Waals surface area contributed by atoms with E-state index in [-0.39, 0.29) is 12.1 Å². The van der Waals surface area contributed by atoms with E-state index in [1.807, 2.05) is 24.3 Å². The average molecular weight is 360 g/mol. The maximum atomic E-state index is 11.6. The molecule has 0 radical (unpaired) electrons. The lowest BCUT2D eigenvalue weighted by Gasteiger charge is -2.11. The fourth-order valence-corrected chi connectivity index (χ4v) is 2.55. The highest BCUT2D eigenvalue weighted by Crippen LogP contribution is 2.20. The fourth-order valence-electron chi connectivity index (χ4n) is 2.42. The lowest BCUT2D eigenvalue weighted by atomic mass is 10.1. The Labute approximate surface area is 151 Å². The van der Waals surface area contributed by atoms with Crippen molar-refractivity contribution in [3.05, 3.63) is 64.7 Å². The Hall–Kier alpha value is -2.53. The van der Waals surface area contributed by atoms with Gasteiger partial charge >= 0.3 is 5.97 Å². The van der Waals surface area contributed by atoms with Gasteiger partial charge in [0.25, 0.3) is 0 Å².